The van der Waals surface area contributed by atoms with Gasteiger partial charge < -0.3 is 5.73 Å². The first-order valence-corrected chi connectivity index (χ1v) is 6.90. The van der Waals surface area contributed by atoms with Crippen LogP contribution in [0.2, 0.25) is 0 Å². The van der Waals surface area contributed by atoms with Gasteiger partial charge in [0.05, 0.1) is 6.04 Å². The summed E-state index contributed by atoms with van der Waals surface area (Å²) < 4.78 is 0. The number of benzene rings is 2. The first kappa shape index (κ1) is 12.2. The number of aryl methyl sites for hydroxylation is 1. The lowest BCUT2D eigenvalue weighted by atomic mass is 9.98. The van der Waals surface area contributed by atoms with Crippen LogP contribution in [0.4, 0.5) is 0 Å². The highest BCUT2D eigenvalue weighted by Crippen LogP contribution is 2.28. The fraction of sp³-hybridized carbons (Fsp3) is 0.200. The first-order chi connectivity index (χ1) is 8.22. The molecule has 0 aliphatic carbocycles. The summed E-state index contributed by atoms with van der Waals surface area (Å²) in [6.45, 7) is 2.09. The minimum Gasteiger partial charge on any atom is -0.320 e. The molecule has 2 N–H and O–H groups in total. The molecule has 0 aliphatic heterocycles. The Morgan fingerprint density at radius 2 is 1.82 bits per heavy atom. The van der Waals surface area contributed by atoms with E-state index in [-0.39, 0.29) is 6.04 Å². The standard InChI is InChI=1S/C15H17NS/c1-11-6-5-7-12(10-11)15(16)13-8-3-4-9-14(13)17-2/h3-10,15H,16H2,1-2H3. The van der Waals surface area contributed by atoms with Gasteiger partial charge in [0, 0.05) is 4.90 Å². The fourth-order valence-corrected chi connectivity index (χ4v) is 2.61. The van der Waals surface area contributed by atoms with Crippen molar-refractivity contribution in [2.24, 2.45) is 5.73 Å². The van der Waals surface area contributed by atoms with Gasteiger partial charge in [0.15, 0.2) is 0 Å². The Hall–Kier alpha value is -1.25. The third-order valence-electron chi connectivity index (χ3n) is 2.88. The summed E-state index contributed by atoms with van der Waals surface area (Å²) in [4.78, 5) is 1.25. The van der Waals surface area contributed by atoms with E-state index in [0.29, 0.717) is 0 Å². The molecule has 0 aliphatic rings. The summed E-state index contributed by atoms with van der Waals surface area (Å²) in [5.41, 5.74) is 9.97. The normalized spacial score (nSPS) is 12.4. The zero-order chi connectivity index (χ0) is 12.3. The molecule has 1 atom stereocenters. The van der Waals surface area contributed by atoms with Crippen molar-refractivity contribution < 1.29 is 0 Å². The van der Waals surface area contributed by atoms with Gasteiger partial charge in [0.1, 0.15) is 0 Å². The molecule has 1 nitrogen and oxygen atoms in total. The quantitative estimate of drug-likeness (QED) is 0.831. The second-order valence-electron chi connectivity index (χ2n) is 4.13. The van der Waals surface area contributed by atoms with Crippen LogP contribution in [0.15, 0.2) is 53.4 Å². The molecule has 2 heteroatoms. The summed E-state index contributed by atoms with van der Waals surface area (Å²) in [6.07, 6.45) is 2.09. The number of rotatable bonds is 3. The maximum Gasteiger partial charge on any atom is 0.0562 e. The highest BCUT2D eigenvalue weighted by atomic mass is 32.2. The highest BCUT2D eigenvalue weighted by molar-refractivity contribution is 7.98. The summed E-state index contributed by atoms with van der Waals surface area (Å²) in [5.74, 6) is 0. The molecule has 0 saturated carbocycles. The molecule has 0 heterocycles. The van der Waals surface area contributed by atoms with Crippen molar-refractivity contribution in [2.75, 3.05) is 6.26 Å². The molecule has 17 heavy (non-hydrogen) atoms. The van der Waals surface area contributed by atoms with E-state index in [1.54, 1.807) is 11.8 Å². The van der Waals surface area contributed by atoms with Crippen molar-refractivity contribution in [3.63, 3.8) is 0 Å². The van der Waals surface area contributed by atoms with E-state index in [4.69, 9.17) is 5.73 Å². The maximum absolute atomic E-state index is 6.35. The fourth-order valence-electron chi connectivity index (χ4n) is 1.97. The molecule has 0 radical (unpaired) electrons. The van der Waals surface area contributed by atoms with E-state index in [9.17, 15) is 0 Å². The van der Waals surface area contributed by atoms with Gasteiger partial charge in [-0.2, -0.15) is 0 Å². The van der Waals surface area contributed by atoms with Crippen LogP contribution in [-0.2, 0) is 0 Å². The van der Waals surface area contributed by atoms with E-state index in [1.807, 2.05) is 6.07 Å². The monoisotopic (exact) mass is 243 g/mol. The zero-order valence-electron chi connectivity index (χ0n) is 10.2. The van der Waals surface area contributed by atoms with E-state index in [0.717, 1.165) is 0 Å². The Labute approximate surface area is 107 Å². The van der Waals surface area contributed by atoms with Crippen molar-refractivity contribution in [3.8, 4) is 0 Å². The van der Waals surface area contributed by atoms with Crippen LogP contribution in [-0.4, -0.2) is 6.26 Å². The molecular formula is C15H17NS. The summed E-state index contributed by atoms with van der Waals surface area (Å²) in [6, 6.07) is 16.7. The smallest absolute Gasteiger partial charge is 0.0562 e. The number of nitrogens with two attached hydrogens (primary N) is 1. The molecule has 0 amide bonds. The minimum absolute atomic E-state index is 0.0430. The Kier molecular flexibility index (Phi) is 3.87. The first-order valence-electron chi connectivity index (χ1n) is 5.67. The molecular weight excluding hydrogens is 226 g/mol. The van der Waals surface area contributed by atoms with Crippen molar-refractivity contribution >= 4 is 11.8 Å². The summed E-state index contributed by atoms with van der Waals surface area (Å²) in [7, 11) is 0. The molecule has 0 bridgehead atoms. The third-order valence-corrected chi connectivity index (χ3v) is 3.69. The number of hydrogen-bond donors (Lipinski definition) is 1. The van der Waals surface area contributed by atoms with Crippen LogP contribution >= 0.6 is 11.8 Å². The van der Waals surface area contributed by atoms with Crippen LogP contribution in [0.1, 0.15) is 22.7 Å². The molecule has 0 fully saturated rings. The SMILES string of the molecule is CSc1ccccc1C(N)c1cccc(C)c1. The van der Waals surface area contributed by atoms with Gasteiger partial charge in [-0.25, -0.2) is 0 Å². The van der Waals surface area contributed by atoms with Crippen LogP contribution in [0.25, 0.3) is 0 Å². The largest absolute Gasteiger partial charge is 0.320 e. The van der Waals surface area contributed by atoms with Crippen molar-refractivity contribution in [1.82, 2.24) is 0 Å². The lowest BCUT2D eigenvalue weighted by Crippen LogP contribution is -2.12. The second kappa shape index (κ2) is 5.39. The van der Waals surface area contributed by atoms with Crippen LogP contribution in [0, 0.1) is 6.92 Å². The molecule has 2 aromatic carbocycles. The van der Waals surface area contributed by atoms with Gasteiger partial charge in [0.25, 0.3) is 0 Å². The van der Waals surface area contributed by atoms with Crippen LogP contribution < -0.4 is 5.73 Å². The van der Waals surface area contributed by atoms with Crippen molar-refractivity contribution in [3.05, 3.63) is 65.2 Å². The van der Waals surface area contributed by atoms with E-state index < -0.39 is 0 Å². The predicted octanol–water partition coefficient (Wildman–Crippen LogP) is 3.77. The molecule has 0 aromatic heterocycles. The van der Waals surface area contributed by atoms with Crippen LogP contribution in [0.5, 0.6) is 0 Å². The van der Waals surface area contributed by atoms with Gasteiger partial charge >= 0.3 is 0 Å². The molecule has 1 unspecified atom stereocenters. The Morgan fingerprint density at radius 3 is 2.53 bits per heavy atom. The third kappa shape index (κ3) is 2.71. The number of thioether (sulfide) groups is 1. The molecule has 0 saturated heterocycles. The second-order valence-corrected chi connectivity index (χ2v) is 4.98. The van der Waals surface area contributed by atoms with E-state index in [2.05, 4.69) is 55.6 Å². The summed E-state index contributed by atoms with van der Waals surface area (Å²) >= 11 is 1.74. The molecule has 2 aromatic rings. The summed E-state index contributed by atoms with van der Waals surface area (Å²) in [5, 5.41) is 0. The van der Waals surface area contributed by atoms with Gasteiger partial charge in [-0.3, -0.25) is 0 Å². The minimum atomic E-state index is -0.0430. The van der Waals surface area contributed by atoms with Crippen LogP contribution in [0.3, 0.4) is 0 Å². The van der Waals surface area contributed by atoms with Crippen molar-refractivity contribution in [2.45, 2.75) is 17.9 Å². The average Bonchev–Trinajstić information content (AvgIpc) is 2.38. The molecule has 88 valence electrons. The zero-order valence-corrected chi connectivity index (χ0v) is 11.0. The maximum atomic E-state index is 6.35. The van der Waals surface area contributed by atoms with Gasteiger partial charge in [-0.05, 0) is 30.4 Å². The van der Waals surface area contributed by atoms with Gasteiger partial charge in [0.2, 0.25) is 0 Å². The lowest BCUT2D eigenvalue weighted by molar-refractivity contribution is 0.847. The highest BCUT2D eigenvalue weighted by Gasteiger charge is 2.12. The Bertz CT molecular complexity index is 508. The van der Waals surface area contributed by atoms with Gasteiger partial charge in [-0.1, -0.05) is 48.0 Å². The Morgan fingerprint density at radius 1 is 1.06 bits per heavy atom. The number of hydrogen-bond acceptors (Lipinski definition) is 2. The topological polar surface area (TPSA) is 26.0 Å². The van der Waals surface area contributed by atoms with E-state index >= 15 is 0 Å². The lowest BCUT2D eigenvalue weighted by Gasteiger charge is -2.16. The van der Waals surface area contributed by atoms with E-state index in [1.165, 1.54) is 21.6 Å². The van der Waals surface area contributed by atoms with Crippen molar-refractivity contribution in [1.29, 1.82) is 0 Å². The van der Waals surface area contributed by atoms with Gasteiger partial charge in [-0.15, -0.1) is 11.8 Å². The molecule has 2 rings (SSSR count). The average molecular weight is 243 g/mol. The molecule has 0 spiro atoms. The predicted molar refractivity (Wildman–Crippen MR) is 75.4 cm³/mol. The Balaban J connectivity index is 2.40.